The van der Waals surface area contributed by atoms with E-state index in [0.29, 0.717) is 11.8 Å². The summed E-state index contributed by atoms with van der Waals surface area (Å²) in [5.41, 5.74) is 3.01. The number of amides is 1. The maximum absolute atomic E-state index is 12.1. The molecule has 3 rings (SSSR count). The molecule has 2 aliphatic carbocycles. The lowest BCUT2D eigenvalue weighted by molar-refractivity contribution is -0.129. The summed E-state index contributed by atoms with van der Waals surface area (Å²) in [6, 6.07) is 0. The Morgan fingerprint density at radius 2 is 2.11 bits per heavy atom. The summed E-state index contributed by atoms with van der Waals surface area (Å²) in [5, 5.41) is 0. The van der Waals surface area contributed by atoms with Gasteiger partial charge in [-0.15, -0.1) is 0 Å². The van der Waals surface area contributed by atoms with Gasteiger partial charge in [-0.25, -0.2) is 0 Å². The Kier molecular flexibility index (Phi) is 2.48. The van der Waals surface area contributed by atoms with E-state index in [2.05, 4.69) is 32.9 Å². The van der Waals surface area contributed by atoms with Crippen molar-refractivity contribution in [1.82, 2.24) is 4.90 Å². The van der Waals surface area contributed by atoms with Gasteiger partial charge in [0.2, 0.25) is 5.91 Å². The number of allylic oxidation sites excluding steroid dienone is 4. The number of rotatable bonds is 0. The Labute approximate surface area is 110 Å². The van der Waals surface area contributed by atoms with E-state index in [1.54, 1.807) is 0 Å². The third-order valence-electron chi connectivity index (χ3n) is 5.75. The maximum atomic E-state index is 12.1. The smallest absolute Gasteiger partial charge is 0.229 e. The largest absolute Gasteiger partial charge is 0.319 e. The zero-order chi connectivity index (χ0) is 13.1. The van der Waals surface area contributed by atoms with Crippen LogP contribution in [0.15, 0.2) is 23.4 Å². The van der Waals surface area contributed by atoms with Gasteiger partial charge in [0.15, 0.2) is 0 Å². The molecule has 0 N–H and O–H groups in total. The van der Waals surface area contributed by atoms with Crippen molar-refractivity contribution in [1.29, 1.82) is 0 Å². The lowest BCUT2D eigenvalue weighted by Gasteiger charge is -2.45. The first-order valence-corrected chi connectivity index (χ1v) is 7.15. The topological polar surface area (TPSA) is 20.3 Å². The van der Waals surface area contributed by atoms with Crippen molar-refractivity contribution in [3.05, 3.63) is 23.4 Å². The average Bonchev–Trinajstić information content (AvgIpc) is 2.54. The minimum atomic E-state index is 0.161. The summed E-state index contributed by atoms with van der Waals surface area (Å²) in [6.07, 6.45) is 8.32. The van der Waals surface area contributed by atoms with E-state index >= 15 is 0 Å². The van der Waals surface area contributed by atoms with Crippen molar-refractivity contribution < 1.29 is 4.79 Å². The lowest BCUT2D eigenvalue weighted by Crippen LogP contribution is -2.36. The predicted octanol–water partition coefficient (Wildman–Crippen LogP) is 3.36. The fourth-order valence-electron chi connectivity index (χ4n) is 4.08. The van der Waals surface area contributed by atoms with Gasteiger partial charge >= 0.3 is 0 Å². The Hall–Kier alpha value is -1.05. The molecule has 4 unspecified atom stereocenters. The summed E-state index contributed by atoms with van der Waals surface area (Å²) >= 11 is 0. The van der Waals surface area contributed by atoms with Crippen LogP contribution in [-0.4, -0.2) is 17.9 Å². The Morgan fingerprint density at radius 1 is 1.39 bits per heavy atom. The van der Waals surface area contributed by atoms with Crippen LogP contribution in [0.3, 0.4) is 0 Å². The molecule has 1 amide bonds. The van der Waals surface area contributed by atoms with Crippen molar-refractivity contribution in [3.8, 4) is 0 Å². The van der Waals surface area contributed by atoms with E-state index in [1.165, 1.54) is 24.1 Å². The predicted molar refractivity (Wildman–Crippen MR) is 72.7 cm³/mol. The minimum absolute atomic E-state index is 0.161. The van der Waals surface area contributed by atoms with E-state index < -0.39 is 0 Å². The van der Waals surface area contributed by atoms with E-state index in [9.17, 15) is 4.79 Å². The Bertz CT molecular complexity index is 462. The van der Waals surface area contributed by atoms with E-state index in [-0.39, 0.29) is 11.3 Å². The molecule has 2 heteroatoms. The summed E-state index contributed by atoms with van der Waals surface area (Å²) in [4.78, 5) is 14.0. The molecule has 1 fully saturated rings. The molecule has 3 aliphatic rings. The standard InChI is InChI=1S/C16H23NO/c1-10-6-5-7-12-8-14-13(9-16(10,12)3)11(2)15(18)17(14)4/h7-8,10-11,13H,5-6,9H2,1-4H3. The monoisotopic (exact) mass is 245 g/mol. The highest BCUT2D eigenvalue weighted by Gasteiger charge is 2.49. The highest BCUT2D eigenvalue weighted by molar-refractivity contribution is 5.84. The summed E-state index contributed by atoms with van der Waals surface area (Å²) in [7, 11) is 1.93. The number of carbonyl (C=O) groups is 1. The van der Waals surface area contributed by atoms with Crippen LogP contribution in [0.5, 0.6) is 0 Å². The van der Waals surface area contributed by atoms with Gasteiger partial charge in [-0.3, -0.25) is 4.79 Å². The van der Waals surface area contributed by atoms with Crippen molar-refractivity contribution in [2.45, 2.75) is 40.0 Å². The van der Waals surface area contributed by atoms with Crippen LogP contribution >= 0.6 is 0 Å². The Balaban J connectivity index is 2.08. The van der Waals surface area contributed by atoms with Gasteiger partial charge in [0.25, 0.3) is 0 Å². The van der Waals surface area contributed by atoms with Crippen molar-refractivity contribution in [2.24, 2.45) is 23.2 Å². The fourth-order valence-corrected chi connectivity index (χ4v) is 4.08. The number of nitrogens with zero attached hydrogens (tertiary/aromatic N) is 1. The molecule has 1 aliphatic heterocycles. The molecule has 1 saturated heterocycles. The number of hydrogen-bond donors (Lipinski definition) is 0. The molecule has 2 nitrogen and oxygen atoms in total. The molecule has 98 valence electrons. The molecular weight excluding hydrogens is 222 g/mol. The van der Waals surface area contributed by atoms with Crippen LogP contribution in [0.2, 0.25) is 0 Å². The fraction of sp³-hybridized carbons (Fsp3) is 0.688. The van der Waals surface area contributed by atoms with Gasteiger partial charge in [0.05, 0.1) is 0 Å². The third kappa shape index (κ3) is 1.38. The maximum Gasteiger partial charge on any atom is 0.229 e. The molecule has 0 bridgehead atoms. The highest BCUT2D eigenvalue weighted by atomic mass is 16.2. The van der Waals surface area contributed by atoms with Gasteiger partial charge in [-0.1, -0.05) is 26.8 Å². The molecule has 0 saturated carbocycles. The second kappa shape index (κ2) is 3.72. The zero-order valence-corrected chi connectivity index (χ0v) is 11.9. The normalized spacial score (nSPS) is 43.2. The van der Waals surface area contributed by atoms with Gasteiger partial charge in [0.1, 0.15) is 0 Å². The number of fused-ring (bicyclic) bond motifs is 2. The first-order chi connectivity index (χ1) is 8.45. The third-order valence-corrected chi connectivity index (χ3v) is 5.75. The van der Waals surface area contributed by atoms with Crippen molar-refractivity contribution in [2.75, 3.05) is 7.05 Å². The highest BCUT2D eigenvalue weighted by Crippen LogP contribution is 2.55. The van der Waals surface area contributed by atoms with Crippen LogP contribution in [0.1, 0.15) is 40.0 Å². The second-order valence-electron chi connectivity index (χ2n) is 6.62. The molecule has 18 heavy (non-hydrogen) atoms. The quantitative estimate of drug-likeness (QED) is 0.641. The van der Waals surface area contributed by atoms with Gasteiger partial charge in [-0.05, 0) is 42.2 Å². The zero-order valence-electron chi connectivity index (χ0n) is 11.9. The SMILES string of the molecule is CC1C(=O)N(C)C2=CC3=CCCC(C)C3(C)CC21. The van der Waals surface area contributed by atoms with Gasteiger partial charge in [0, 0.05) is 24.6 Å². The van der Waals surface area contributed by atoms with Crippen LogP contribution in [0.25, 0.3) is 0 Å². The number of likely N-dealkylation sites (tertiary alicyclic amines) is 1. The first-order valence-electron chi connectivity index (χ1n) is 7.15. The minimum Gasteiger partial charge on any atom is -0.319 e. The molecule has 0 aromatic carbocycles. The van der Waals surface area contributed by atoms with Crippen LogP contribution in [0, 0.1) is 23.2 Å². The van der Waals surface area contributed by atoms with Crippen LogP contribution in [-0.2, 0) is 4.79 Å². The molecule has 1 heterocycles. The second-order valence-corrected chi connectivity index (χ2v) is 6.62. The first kappa shape index (κ1) is 12.0. The molecule has 0 aromatic rings. The van der Waals surface area contributed by atoms with Gasteiger partial charge in [-0.2, -0.15) is 0 Å². The van der Waals surface area contributed by atoms with Crippen molar-refractivity contribution in [3.63, 3.8) is 0 Å². The van der Waals surface area contributed by atoms with E-state index in [1.807, 2.05) is 11.9 Å². The average molecular weight is 245 g/mol. The summed E-state index contributed by atoms with van der Waals surface area (Å²) < 4.78 is 0. The molecule has 4 atom stereocenters. The molecule has 0 radical (unpaired) electrons. The molecule has 0 aromatic heterocycles. The van der Waals surface area contributed by atoms with Crippen molar-refractivity contribution >= 4 is 5.91 Å². The lowest BCUT2D eigenvalue weighted by atomic mass is 9.59. The van der Waals surface area contributed by atoms with E-state index in [0.717, 1.165) is 12.3 Å². The van der Waals surface area contributed by atoms with Crippen LogP contribution in [0.4, 0.5) is 0 Å². The molecular formula is C16H23NO. The summed E-state index contributed by atoms with van der Waals surface area (Å²) in [5.74, 6) is 1.62. The summed E-state index contributed by atoms with van der Waals surface area (Å²) in [6.45, 7) is 6.86. The van der Waals surface area contributed by atoms with Gasteiger partial charge < -0.3 is 4.90 Å². The number of hydrogen-bond acceptors (Lipinski definition) is 1. The molecule has 0 spiro atoms. The number of carbonyl (C=O) groups excluding carboxylic acids is 1. The van der Waals surface area contributed by atoms with E-state index in [4.69, 9.17) is 0 Å². The Morgan fingerprint density at radius 3 is 2.83 bits per heavy atom. The van der Waals surface area contributed by atoms with Crippen LogP contribution < -0.4 is 0 Å².